The lowest BCUT2D eigenvalue weighted by molar-refractivity contribution is -0.124. The van der Waals surface area contributed by atoms with Gasteiger partial charge in [0.1, 0.15) is 12.4 Å². The van der Waals surface area contributed by atoms with Crippen LogP contribution in [0, 0.1) is 12.7 Å². The molecule has 0 saturated carbocycles. The third-order valence-corrected chi connectivity index (χ3v) is 5.00. The number of halogens is 4. The van der Waals surface area contributed by atoms with Crippen LogP contribution in [-0.4, -0.2) is 45.2 Å². The number of alkyl halides is 3. The summed E-state index contributed by atoms with van der Waals surface area (Å²) in [6, 6.07) is 12.0. The van der Waals surface area contributed by atoms with Gasteiger partial charge in [0.05, 0.1) is 11.3 Å². The summed E-state index contributed by atoms with van der Waals surface area (Å²) >= 11 is 0.894. The average molecular weight is 467 g/mol. The molecular weight excluding hydrogens is 450 g/mol. The molecule has 0 radical (unpaired) electrons. The molecule has 0 bridgehead atoms. The lowest BCUT2D eigenvalue weighted by atomic mass is 10.2. The third-order valence-electron chi connectivity index (χ3n) is 4.07. The minimum atomic E-state index is -4.59. The van der Waals surface area contributed by atoms with Gasteiger partial charge < -0.3 is 5.32 Å². The molecule has 0 saturated heterocycles. The molecule has 3 rings (SSSR count). The predicted molar refractivity (Wildman–Crippen MR) is 110 cm³/mol. The molecule has 0 spiro atoms. The first-order valence-electron chi connectivity index (χ1n) is 9.18. The zero-order valence-corrected chi connectivity index (χ0v) is 17.4. The van der Waals surface area contributed by atoms with Gasteiger partial charge in [-0.2, -0.15) is 13.2 Å². The number of carbonyl (C=O) groups is 2. The number of aromatic nitrogens is 3. The highest BCUT2D eigenvalue weighted by atomic mass is 32.2. The number of hydrogen-bond donors (Lipinski definition) is 2. The molecule has 1 aromatic heterocycles. The summed E-state index contributed by atoms with van der Waals surface area (Å²) in [7, 11) is 0. The van der Waals surface area contributed by atoms with Gasteiger partial charge in [-0.3, -0.25) is 14.7 Å². The number of thioether (sulfide) groups is 1. The van der Waals surface area contributed by atoms with E-state index in [1.165, 1.54) is 18.2 Å². The maximum atomic E-state index is 14.4. The van der Waals surface area contributed by atoms with Crippen LogP contribution >= 0.6 is 11.8 Å². The van der Waals surface area contributed by atoms with Crippen LogP contribution in [0.25, 0.3) is 17.1 Å². The number of hydrogen-bond acceptors (Lipinski definition) is 5. The van der Waals surface area contributed by atoms with Gasteiger partial charge in [-0.1, -0.05) is 41.6 Å². The van der Waals surface area contributed by atoms with Crippen LogP contribution in [0.5, 0.6) is 0 Å². The zero-order chi connectivity index (χ0) is 23.3. The molecule has 168 valence electrons. The number of nitrogens with zero attached hydrogens (tertiary/aromatic N) is 3. The second kappa shape index (κ2) is 9.81. The lowest BCUT2D eigenvalue weighted by Gasteiger charge is -2.11. The predicted octanol–water partition coefficient (Wildman–Crippen LogP) is 3.86. The van der Waals surface area contributed by atoms with Crippen molar-refractivity contribution in [3.63, 3.8) is 0 Å². The first kappa shape index (κ1) is 23.3. The molecule has 0 atom stereocenters. The Kier molecular flexibility index (Phi) is 7.13. The number of amides is 3. The number of urea groups is 1. The Morgan fingerprint density at radius 1 is 1.06 bits per heavy atom. The van der Waals surface area contributed by atoms with E-state index >= 15 is 0 Å². The molecule has 0 fully saturated rings. The van der Waals surface area contributed by atoms with Crippen molar-refractivity contribution in [2.75, 3.05) is 12.3 Å². The Hall–Kier alpha value is -3.41. The molecule has 7 nitrogen and oxygen atoms in total. The van der Waals surface area contributed by atoms with Gasteiger partial charge in [0.2, 0.25) is 5.91 Å². The van der Waals surface area contributed by atoms with Gasteiger partial charge in [-0.25, -0.2) is 9.18 Å². The van der Waals surface area contributed by atoms with Crippen molar-refractivity contribution in [3.8, 4) is 17.1 Å². The number of aryl methyl sites for hydroxylation is 1. The molecule has 0 aliphatic carbocycles. The van der Waals surface area contributed by atoms with E-state index in [9.17, 15) is 27.2 Å². The Balaban J connectivity index is 1.80. The van der Waals surface area contributed by atoms with Gasteiger partial charge >= 0.3 is 12.2 Å². The van der Waals surface area contributed by atoms with E-state index < -0.39 is 30.5 Å². The van der Waals surface area contributed by atoms with Crippen molar-refractivity contribution in [2.24, 2.45) is 0 Å². The summed E-state index contributed by atoms with van der Waals surface area (Å²) in [5.41, 5.74) is 1.81. The van der Waals surface area contributed by atoms with Crippen LogP contribution in [0.15, 0.2) is 53.7 Å². The molecule has 0 aliphatic rings. The van der Waals surface area contributed by atoms with E-state index in [1.807, 2.05) is 24.4 Å². The highest BCUT2D eigenvalue weighted by Crippen LogP contribution is 2.29. The summed E-state index contributed by atoms with van der Waals surface area (Å²) in [6.45, 7) is 0.338. The molecule has 0 aliphatic heterocycles. The second-order valence-electron chi connectivity index (χ2n) is 6.59. The molecule has 0 unspecified atom stereocenters. The highest BCUT2D eigenvalue weighted by Gasteiger charge is 2.28. The van der Waals surface area contributed by atoms with E-state index in [1.54, 1.807) is 28.1 Å². The zero-order valence-electron chi connectivity index (χ0n) is 16.6. The summed E-state index contributed by atoms with van der Waals surface area (Å²) < 4.78 is 52.4. The van der Waals surface area contributed by atoms with Crippen molar-refractivity contribution in [3.05, 3.63) is 59.9 Å². The topological polar surface area (TPSA) is 88.9 Å². The fraction of sp³-hybridized carbons (Fsp3) is 0.200. The molecule has 2 N–H and O–H groups in total. The van der Waals surface area contributed by atoms with Crippen LogP contribution in [0.1, 0.15) is 5.56 Å². The lowest BCUT2D eigenvalue weighted by Crippen LogP contribution is -2.43. The fourth-order valence-electron chi connectivity index (χ4n) is 2.62. The molecule has 32 heavy (non-hydrogen) atoms. The van der Waals surface area contributed by atoms with Crippen molar-refractivity contribution >= 4 is 23.7 Å². The molecule has 3 amide bonds. The van der Waals surface area contributed by atoms with Crippen LogP contribution < -0.4 is 10.6 Å². The molecule has 2 aromatic carbocycles. The molecular formula is C20H17F4N5O2S. The smallest absolute Gasteiger partial charge is 0.329 e. The Morgan fingerprint density at radius 2 is 1.75 bits per heavy atom. The van der Waals surface area contributed by atoms with Crippen molar-refractivity contribution in [2.45, 2.75) is 18.3 Å². The largest absolute Gasteiger partial charge is 0.405 e. The summed E-state index contributed by atoms with van der Waals surface area (Å²) in [4.78, 5) is 23.4. The molecule has 3 aromatic rings. The minimum absolute atomic E-state index is 0.198. The Bertz CT molecular complexity index is 1120. The average Bonchev–Trinajstić information content (AvgIpc) is 3.15. The van der Waals surface area contributed by atoms with E-state index in [-0.39, 0.29) is 22.3 Å². The van der Waals surface area contributed by atoms with E-state index in [0.29, 0.717) is 5.69 Å². The van der Waals surface area contributed by atoms with Gasteiger partial charge in [0.15, 0.2) is 11.0 Å². The SMILES string of the molecule is Cc1ccc(-n2c(SCC(=O)NC(=O)NCC(F)(F)F)nnc2-c2ccccc2F)cc1. The van der Waals surface area contributed by atoms with E-state index in [4.69, 9.17) is 0 Å². The maximum Gasteiger partial charge on any atom is 0.405 e. The maximum absolute atomic E-state index is 14.4. The Morgan fingerprint density at radius 3 is 2.41 bits per heavy atom. The van der Waals surface area contributed by atoms with Gasteiger partial charge in [0, 0.05) is 5.69 Å². The normalized spacial score (nSPS) is 11.3. The van der Waals surface area contributed by atoms with Gasteiger partial charge in [0.25, 0.3) is 0 Å². The van der Waals surface area contributed by atoms with Crippen molar-refractivity contribution in [1.82, 2.24) is 25.4 Å². The Labute approximate surface area is 184 Å². The highest BCUT2D eigenvalue weighted by molar-refractivity contribution is 7.99. The van der Waals surface area contributed by atoms with Gasteiger partial charge in [-0.15, -0.1) is 10.2 Å². The standard InChI is InChI=1S/C20H17F4N5O2S/c1-12-6-8-13(9-7-12)29-17(14-4-2-3-5-15(14)21)27-28-19(29)32-10-16(30)26-18(31)25-11-20(22,23)24/h2-9H,10-11H2,1H3,(H2,25,26,30,31). The molecule has 12 heteroatoms. The van der Waals surface area contributed by atoms with Gasteiger partial charge in [-0.05, 0) is 31.2 Å². The van der Waals surface area contributed by atoms with Crippen LogP contribution in [0.3, 0.4) is 0 Å². The van der Waals surface area contributed by atoms with Crippen LogP contribution in [0.4, 0.5) is 22.4 Å². The third kappa shape index (κ3) is 6.06. The summed E-state index contributed by atoms with van der Waals surface area (Å²) in [5, 5.41) is 11.7. The number of benzene rings is 2. The number of imide groups is 1. The minimum Gasteiger partial charge on any atom is -0.329 e. The number of nitrogens with one attached hydrogen (secondary N) is 2. The fourth-order valence-corrected chi connectivity index (χ4v) is 3.38. The first-order valence-corrected chi connectivity index (χ1v) is 10.2. The first-order chi connectivity index (χ1) is 15.1. The van der Waals surface area contributed by atoms with E-state index in [2.05, 4.69) is 10.2 Å². The number of carbonyl (C=O) groups excluding carboxylic acids is 2. The van der Waals surface area contributed by atoms with Crippen molar-refractivity contribution < 1.29 is 27.2 Å². The summed E-state index contributed by atoms with van der Waals surface area (Å²) in [5.74, 6) is -1.47. The van der Waals surface area contributed by atoms with E-state index in [0.717, 1.165) is 17.3 Å². The second-order valence-corrected chi connectivity index (χ2v) is 7.53. The monoisotopic (exact) mass is 467 g/mol. The van der Waals surface area contributed by atoms with Crippen LogP contribution in [0.2, 0.25) is 0 Å². The quantitative estimate of drug-likeness (QED) is 0.425. The van der Waals surface area contributed by atoms with Crippen molar-refractivity contribution in [1.29, 1.82) is 0 Å². The molecule has 1 heterocycles. The summed E-state index contributed by atoms with van der Waals surface area (Å²) in [6.07, 6.45) is -4.59. The number of rotatable bonds is 6. The van der Waals surface area contributed by atoms with Crippen LogP contribution in [-0.2, 0) is 4.79 Å².